The lowest BCUT2D eigenvalue weighted by atomic mass is 10.2. The predicted octanol–water partition coefficient (Wildman–Crippen LogP) is 1.92. The summed E-state index contributed by atoms with van der Waals surface area (Å²) in [6.07, 6.45) is 3.93. The summed E-state index contributed by atoms with van der Waals surface area (Å²) >= 11 is 0. The molecule has 3 heteroatoms. The minimum atomic E-state index is -0.119. The third-order valence-corrected chi connectivity index (χ3v) is 1.46. The first-order valence-electron chi connectivity index (χ1n) is 4.65. The summed E-state index contributed by atoms with van der Waals surface area (Å²) in [6.45, 7) is 7.08. The third-order valence-electron chi connectivity index (χ3n) is 1.46. The lowest BCUT2D eigenvalue weighted by Crippen LogP contribution is -2.04. The molecule has 0 atom stereocenters. The van der Waals surface area contributed by atoms with E-state index in [1.54, 1.807) is 6.08 Å². The maximum absolute atomic E-state index is 10.9. The molecule has 0 bridgehead atoms. The summed E-state index contributed by atoms with van der Waals surface area (Å²) in [5.74, 6) is -0.119. The van der Waals surface area contributed by atoms with Crippen LogP contribution in [0, 0.1) is 0 Å². The summed E-state index contributed by atoms with van der Waals surface area (Å²) in [7, 11) is 0. The molecule has 0 aliphatic rings. The van der Waals surface area contributed by atoms with Crippen LogP contribution in [0.1, 0.15) is 26.2 Å². The Hall–Kier alpha value is -0.830. The topological polar surface area (TPSA) is 35.5 Å². The minimum Gasteiger partial charge on any atom is -0.466 e. The van der Waals surface area contributed by atoms with E-state index in [0.717, 1.165) is 12.8 Å². The van der Waals surface area contributed by atoms with Gasteiger partial charge in [-0.15, -0.1) is 6.58 Å². The fraction of sp³-hybridized carbons (Fsp3) is 0.700. The van der Waals surface area contributed by atoms with E-state index in [1.807, 2.05) is 6.92 Å². The number of carbonyl (C=O) groups is 1. The van der Waals surface area contributed by atoms with E-state index in [1.165, 1.54) is 0 Å². The summed E-state index contributed by atoms with van der Waals surface area (Å²) in [5, 5.41) is 0. The molecule has 0 heterocycles. The zero-order chi connectivity index (χ0) is 9.94. The molecule has 0 aromatic rings. The highest BCUT2D eigenvalue weighted by Crippen LogP contribution is 1.98. The first-order chi connectivity index (χ1) is 6.31. The van der Waals surface area contributed by atoms with Crippen molar-refractivity contribution in [1.29, 1.82) is 0 Å². The fourth-order valence-corrected chi connectivity index (χ4v) is 0.873. The van der Waals surface area contributed by atoms with Crippen molar-refractivity contribution in [3.05, 3.63) is 12.7 Å². The molecule has 0 aromatic carbocycles. The molecule has 0 saturated carbocycles. The summed E-state index contributed by atoms with van der Waals surface area (Å²) in [4.78, 5) is 10.9. The third kappa shape index (κ3) is 9.08. The van der Waals surface area contributed by atoms with Gasteiger partial charge in [0.25, 0.3) is 0 Å². The Labute approximate surface area is 79.7 Å². The van der Waals surface area contributed by atoms with E-state index in [0.29, 0.717) is 26.2 Å². The Morgan fingerprint density at radius 1 is 1.46 bits per heavy atom. The zero-order valence-electron chi connectivity index (χ0n) is 8.25. The SMILES string of the molecule is C=CCOCCCCC(=O)OCC. The standard InChI is InChI=1S/C10H18O3/c1-3-8-12-9-6-5-7-10(11)13-4-2/h3H,1,4-9H2,2H3. The average Bonchev–Trinajstić information content (AvgIpc) is 2.11. The van der Waals surface area contributed by atoms with Crippen LogP contribution in [0.5, 0.6) is 0 Å². The Bertz CT molecular complexity index is 143. The van der Waals surface area contributed by atoms with Crippen LogP contribution in [0.2, 0.25) is 0 Å². The summed E-state index contributed by atoms with van der Waals surface area (Å²) in [5.41, 5.74) is 0. The molecule has 0 amide bonds. The van der Waals surface area contributed by atoms with Gasteiger partial charge in [0.2, 0.25) is 0 Å². The van der Waals surface area contributed by atoms with E-state index < -0.39 is 0 Å². The van der Waals surface area contributed by atoms with Crippen molar-refractivity contribution in [1.82, 2.24) is 0 Å². The number of unbranched alkanes of at least 4 members (excludes halogenated alkanes) is 1. The maximum Gasteiger partial charge on any atom is 0.305 e. The smallest absolute Gasteiger partial charge is 0.305 e. The monoisotopic (exact) mass is 186 g/mol. The number of carbonyl (C=O) groups excluding carboxylic acids is 1. The normalized spacial score (nSPS) is 9.62. The molecule has 76 valence electrons. The van der Waals surface area contributed by atoms with Gasteiger partial charge in [0.05, 0.1) is 13.2 Å². The lowest BCUT2D eigenvalue weighted by molar-refractivity contribution is -0.143. The van der Waals surface area contributed by atoms with E-state index in [9.17, 15) is 4.79 Å². The molecule has 0 aliphatic heterocycles. The van der Waals surface area contributed by atoms with Gasteiger partial charge >= 0.3 is 5.97 Å². The number of hydrogen-bond donors (Lipinski definition) is 0. The van der Waals surface area contributed by atoms with Gasteiger partial charge in [0.1, 0.15) is 0 Å². The Morgan fingerprint density at radius 2 is 2.23 bits per heavy atom. The molecule has 3 nitrogen and oxygen atoms in total. The second-order valence-electron chi connectivity index (χ2n) is 2.63. The highest BCUT2D eigenvalue weighted by atomic mass is 16.5. The van der Waals surface area contributed by atoms with Crippen molar-refractivity contribution in [2.75, 3.05) is 19.8 Å². The van der Waals surface area contributed by atoms with Gasteiger partial charge in [-0.2, -0.15) is 0 Å². The Morgan fingerprint density at radius 3 is 2.85 bits per heavy atom. The molecule has 13 heavy (non-hydrogen) atoms. The molecule has 0 fully saturated rings. The van der Waals surface area contributed by atoms with Crippen LogP contribution in [-0.2, 0) is 14.3 Å². The number of esters is 1. The van der Waals surface area contributed by atoms with Crippen molar-refractivity contribution >= 4 is 5.97 Å². The van der Waals surface area contributed by atoms with Crippen molar-refractivity contribution < 1.29 is 14.3 Å². The van der Waals surface area contributed by atoms with Crippen LogP contribution < -0.4 is 0 Å². The van der Waals surface area contributed by atoms with Crippen LogP contribution in [-0.4, -0.2) is 25.8 Å². The van der Waals surface area contributed by atoms with Crippen molar-refractivity contribution in [3.8, 4) is 0 Å². The van der Waals surface area contributed by atoms with Crippen LogP contribution >= 0.6 is 0 Å². The fourth-order valence-electron chi connectivity index (χ4n) is 0.873. The zero-order valence-corrected chi connectivity index (χ0v) is 8.25. The molecular weight excluding hydrogens is 168 g/mol. The maximum atomic E-state index is 10.9. The van der Waals surface area contributed by atoms with Crippen LogP contribution in [0.4, 0.5) is 0 Å². The predicted molar refractivity (Wildman–Crippen MR) is 51.5 cm³/mol. The van der Waals surface area contributed by atoms with Gasteiger partial charge in [-0.1, -0.05) is 6.08 Å². The van der Waals surface area contributed by atoms with E-state index in [4.69, 9.17) is 9.47 Å². The summed E-state index contributed by atoms with van der Waals surface area (Å²) < 4.78 is 9.93. The first kappa shape index (κ1) is 12.2. The Balaban J connectivity index is 3.06. The van der Waals surface area contributed by atoms with E-state index in [-0.39, 0.29) is 5.97 Å². The average molecular weight is 186 g/mol. The van der Waals surface area contributed by atoms with Gasteiger partial charge < -0.3 is 9.47 Å². The quantitative estimate of drug-likeness (QED) is 0.330. The largest absolute Gasteiger partial charge is 0.466 e. The molecule has 0 N–H and O–H groups in total. The van der Waals surface area contributed by atoms with Gasteiger partial charge in [-0.05, 0) is 19.8 Å². The van der Waals surface area contributed by atoms with E-state index in [2.05, 4.69) is 6.58 Å². The summed E-state index contributed by atoms with van der Waals surface area (Å²) in [6, 6.07) is 0. The van der Waals surface area contributed by atoms with Gasteiger partial charge in [-0.25, -0.2) is 0 Å². The number of ether oxygens (including phenoxy) is 2. The number of hydrogen-bond acceptors (Lipinski definition) is 3. The molecular formula is C10H18O3. The molecule has 0 saturated heterocycles. The molecule has 0 rings (SSSR count). The van der Waals surface area contributed by atoms with E-state index >= 15 is 0 Å². The van der Waals surface area contributed by atoms with Crippen LogP contribution in [0.25, 0.3) is 0 Å². The first-order valence-corrected chi connectivity index (χ1v) is 4.65. The van der Waals surface area contributed by atoms with Crippen LogP contribution in [0.15, 0.2) is 12.7 Å². The van der Waals surface area contributed by atoms with Gasteiger partial charge in [0.15, 0.2) is 0 Å². The highest BCUT2D eigenvalue weighted by molar-refractivity contribution is 5.69. The van der Waals surface area contributed by atoms with Crippen molar-refractivity contribution in [2.24, 2.45) is 0 Å². The molecule has 0 spiro atoms. The van der Waals surface area contributed by atoms with Crippen molar-refractivity contribution in [3.63, 3.8) is 0 Å². The Kier molecular flexibility index (Phi) is 8.67. The van der Waals surface area contributed by atoms with Crippen LogP contribution in [0.3, 0.4) is 0 Å². The number of rotatable bonds is 8. The second-order valence-corrected chi connectivity index (χ2v) is 2.63. The van der Waals surface area contributed by atoms with Gasteiger partial charge in [0, 0.05) is 13.0 Å². The lowest BCUT2D eigenvalue weighted by Gasteiger charge is -2.01. The minimum absolute atomic E-state index is 0.119. The van der Waals surface area contributed by atoms with Gasteiger partial charge in [-0.3, -0.25) is 4.79 Å². The molecule has 0 unspecified atom stereocenters. The second kappa shape index (κ2) is 9.26. The van der Waals surface area contributed by atoms with Crippen molar-refractivity contribution in [2.45, 2.75) is 26.2 Å². The molecule has 0 radical (unpaired) electrons. The molecule has 0 aliphatic carbocycles. The highest BCUT2D eigenvalue weighted by Gasteiger charge is 1.99. The molecule has 0 aromatic heterocycles.